The van der Waals surface area contributed by atoms with Gasteiger partial charge in [-0.2, -0.15) is 0 Å². The van der Waals surface area contributed by atoms with Gasteiger partial charge in [-0.15, -0.1) is 0 Å². The fourth-order valence-electron chi connectivity index (χ4n) is 3.20. The van der Waals surface area contributed by atoms with E-state index in [9.17, 15) is 0 Å². The molecular formula is C23H46O. The second kappa shape index (κ2) is 22.7. The molecule has 0 aromatic rings. The summed E-state index contributed by atoms with van der Waals surface area (Å²) in [6.45, 7) is 3.22. The fraction of sp³-hybridized carbons (Fsp3) is 0.913. The quantitative estimate of drug-likeness (QED) is 0.160. The van der Waals surface area contributed by atoms with Crippen LogP contribution in [0.25, 0.3) is 0 Å². The summed E-state index contributed by atoms with van der Waals surface area (Å²) in [6.07, 6.45) is 29.9. The molecule has 0 atom stereocenters. The van der Waals surface area contributed by atoms with Gasteiger partial charge < -0.3 is 4.74 Å². The van der Waals surface area contributed by atoms with Crippen LogP contribution in [-0.2, 0) is 4.74 Å². The normalized spacial score (nSPS) is 11.6. The van der Waals surface area contributed by atoms with Crippen LogP contribution in [0.5, 0.6) is 0 Å². The average molecular weight is 339 g/mol. The van der Waals surface area contributed by atoms with Crippen LogP contribution < -0.4 is 0 Å². The highest BCUT2D eigenvalue weighted by atomic mass is 16.5. The molecule has 144 valence electrons. The maximum absolute atomic E-state index is 5.07. The van der Waals surface area contributed by atoms with E-state index in [1.54, 1.807) is 7.11 Å². The van der Waals surface area contributed by atoms with Crippen LogP contribution in [0.15, 0.2) is 12.2 Å². The van der Waals surface area contributed by atoms with E-state index in [2.05, 4.69) is 19.1 Å². The van der Waals surface area contributed by atoms with Gasteiger partial charge in [-0.3, -0.25) is 0 Å². The van der Waals surface area contributed by atoms with Crippen molar-refractivity contribution in [3.8, 4) is 0 Å². The standard InChI is InChI=1S/C23H46O/c1-3-4-5-6-7-8-9-10-11-12-13-14-15-16-17-18-19-20-21-22-23-24-2/h10-11H,3-9,12-23H2,1-2H3/b11-10-. The van der Waals surface area contributed by atoms with Crippen molar-refractivity contribution >= 4 is 0 Å². The van der Waals surface area contributed by atoms with Gasteiger partial charge in [0.2, 0.25) is 0 Å². The Kier molecular flexibility index (Phi) is 22.4. The van der Waals surface area contributed by atoms with E-state index < -0.39 is 0 Å². The third-order valence-electron chi connectivity index (χ3n) is 4.86. The van der Waals surface area contributed by atoms with Crippen LogP contribution in [0.1, 0.15) is 122 Å². The maximum Gasteiger partial charge on any atom is 0.0462 e. The van der Waals surface area contributed by atoms with E-state index >= 15 is 0 Å². The van der Waals surface area contributed by atoms with Gasteiger partial charge in [-0.05, 0) is 32.1 Å². The third-order valence-corrected chi connectivity index (χ3v) is 4.86. The molecule has 0 spiro atoms. The molecule has 0 amide bonds. The largest absolute Gasteiger partial charge is 0.385 e. The van der Waals surface area contributed by atoms with Crippen molar-refractivity contribution in [2.75, 3.05) is 13.7 Å². The highest BCUT2D eigenvalue weighted by Crippen LogP contribution is 2.12. The van der Waals surface area contributed by atoms with Crippen LogP contribution in [0.4, 0.5) is 0 Å². The van der Waals surface area contributed by atoms with E-state index in [1.165, 1.54) is 116 Å². The van der Waals surface area contributed by atoms with E-state index in [0.29, 0.717) is 0 Å². The van der Waals surface area contributed by atoms with Gasteiger partial charge in [-0.1, -0.05) is 103 Å². The summed E-state index contributed by atoms with van der Waals surface area (Å²) in [6, 6.07) is 0. The predicted octanol–water partition coefficient (Wildman–Crippen LogP) is 8.23. The third kappa shape index (κ3) is 21.7. The number of rotatable bonds is 20. The summed E-state index contributed by atoms with van der Waals surface area (Å²) >= 11 is 0. The number of unbranched alkanes of at least 4 members (excludes halogenated alkanes) is 16. The SMILES string of the molecule is CCCCCCCC/C=C\CCCCCCCCCCCCOC. The van der Waals surface area contributed by atoms with Crippen molar-refractivity contribution < 1.29 is 4.74 Å². The highest BCUT2D eigenvalue weighted by molar-refractivity contribution is 4.81. The smallest absolute Gasteiger partial charge is 0.0462 e. The van der Waals surface area contributed by atoms with Gasteiger partial charge in [0, 0.05) is 13.7 Å². The monoisotopic (exact) mass is 338 g/mol. The zero-order valence-corrected chi connectivity index (χ0v) is 17.0. The van der Waals surface area contributed by atoms with Gasteiger partial charge in [0.1, 0.15) is 0 Å². The number of methoxy groups -OCH3 is 1. The molecule has 24 heavy (non-hydrogen) atoms. The lowest BCUT2D eigenvalue weighted by atomic mass is 10.1. The van der Waals surface area contributed by atoms with Crippen molar-refractivity contribution in [3.63, 3.8) is 0 Å². The Hall–Kier alpha value is -0.300. The molecule has 0 bridgehead atoms. The van der Waals surface area contributed by atoms with Crippen LogP contribution in [0.2, 0.25) is 0 Å². The summed E-state index contributed by atoms with van der Waals surface area (Å²) in [5.41, 5.74) is 0. The predicted molar refractivity (Wildman–Crippen MR) is 110 cm³/mol. The van der Waals surface area contributed by atoms with E-state index in [0.717, 1.165) is 6.61 Å². The molecule has 0 N–H and O–H groups in total. The molecule has 0 aliphatic heterocycles. The van der Waals surface area contributed by atoms with Gasteiger partial charge in [0.05, 0.1) is 0 Å². The molecule has 0 saturated carbocycles. The lowest BCUT2D eigenvalue weighted by molar-refractivity contribution is 0.192. The Labute approximate surface area is 153 Å². The second-order valence-corrected chi connectivity index (χ2v) is 7.34. The van der Waals surface area contributed by atoms with Gasteiger partial charge in [0.25, 0.3) is 0 Å². The van der Waals surface area contributed by atoms with Crippen molar-refractivity contribution in [2.24, 2.45) is 0 Å². The minimum atomic E-state index is 0.938. The molecule has 0 unspecified atom stereocenters. The highest BCUT2D eigenvalue weighted by Gasteiger charge is 1.93. The minimum absolute atomic E-state index is 0.938. The first-order chi connectivity index (χ1) is 11.9. The average Bonchev–Trinajstić information content (AvgIpc) is 2.60. The molecule has 1 heteroatoms. The molecule has 0 radical (unpaired) electrons. The van der Waals surface area contributed by atoms with Crippen LogP contribution in [0, 0.1) is 0 Å². The second-order valence-electron chi connectivity index (χ2n) is 7.34. The van der Waals surface area contributed by atoms with E-state index in [1.807, 2.05) is 0 Å². The van der Waals surface area contributed by atoms with Crippen LogP contribution in [-0.4, -0.2) is 13.7 Å². The van der Waals surface area contributed by atoms with Gasteiger partial charge in [-0.25, -0.2) is 0 Å². The van der Waals surface area contributed by atoms with Crippen LogP contribution in [0.3, 0.4) is 0 Å². The fourth-order valence-corrected chi connectivity index (χ4v) is 3.20. The van der Waals surface area contributed by atoms with Crippen molar-refractivity contribution in [1.29, 1.82) is 0 Å². The Bertz CT molecular complexity index is 234. The molecule has 0 heterocycles. The molecule has 0 aromatic carbocycles. The first-order valence-corrected chi connectivity index (χ1v) is 11.1. The number of hydrogen-bond donors (Lipinski definition) is 0. The molecular weight excluding hydrogens is 292 g/mol. The van der Waals surface area contributed by atoms with Crippen molar-refractivity contribution in [1.82, 2.24) is 0 Å². The molecule has 0 rings (SSSR count). The molecule has 0 saturated heterocycles. The first-order valence-electron chi connectivity index (χ1n) is 11.1. The maximum atomic E-state index is 5.07. The number of ether oxygens (including phenoxy) is 1. The van der Waals surface area contributed by atoms with Gasteiger partial charge >= 0.3 is 0 Å². The summed E-state index contributed by atoms with van der Waals surface area (Å²) in [4.78, 5) is 0. The Morgan fingerprint density at radius 2 is 0.875 bits per heavy atom. The van der Waals surface area contributed by atoms with E-state index in [-0.39, 0.29) is 0 Å². The first kappa shape index (κ1) is 23.7. The summed E-state index contributed by atoms with van der Waals surface area (Å²) in [5.74, 6) is 0. The lowest BCUT2D eigenvalue weighted by Gasteiger charge is -2.02. The Morgan fingerprint density at radius 1 is 0.500 bits per heavy atom. The summed E-state index contributed by atoms with van der Waals surface area (Å²) < 4.78 is 5.07. The van der Waals surface area contributed by atoms with Crippen LogP contribution >= 0.6 is 0 Å². The van der Waals surface area contributed by atoms with Crippen molar-refractivity contribution in [3.05, 3.63) is 12.2 Å². The summed E-state index contributed by atoms with van der Waals surface area (Å²) in [7, 11) is 1.80. The zero-order chi connectivity index (χ0) is 17.6. The van der Waals surface area contributed by atoms with Crippen molar-refractivity contribution in [2.45, 2.75) is 122 Å². The summed E-state index contributed by atoms with van der Waals surface area (Å²) in [5, 5.41) is 0. The Balaban J connectivity index is 3.03. The minimum Gasteiger partial charge on any atom is -0.385 e. The zero-order valence-electron chi connectivity index (χ0n) is 17.0. The number of hydrogen-bond acceptors (Lipinski definition) is 1. The lowest BCUT2D eigenvalue weighted by Crippen LogP contribution is -1.88. The number of allylic oxidation sites excluding steroid dienone is 2. The molecule has 0 aromatic heterocycles. The molecule has 0 aliphatic rings. The topological polar surface area (TPSA) is 9.23 Å². The Morgan fingerprint density at radius 3 is 1.29 bits per heavy atom. The van der Waals surface area contributed by atoms with E-state index in [4.69, 9.17) is 4.74 Å². The molecule has 0 aliphatic carbocycles. The van der Waals surface area contributed by atoms with Gasteiger partial charge in [0.15, 0.2) is 0 Å². The molecule has 0 fully saturated rings. The molecule has 1 nitrogen and oxygen atoms in total.